The Morgan fingerprint density at radius 3 is 2.81 bits per heavy atom. The molecular weight excluding hydrogens is 272 g/mol. The molecule has 0 radical (unpaired) electrons. The molecule has 21 heavy (non-hydrogen) atoms. The van der Waals surface area contributed by atoms with Crippen molar-refractivity contribution in [2.75, 3.05) is 7.11 Å². The third-order valence-electron chi connectivity index (χ3n) is 3.82. The lowest BCUT2D eigenvalue weighted by Gasteiger charge is -2.08. The molecular formula is C16H16O5. The summed E-state index contributed by atoms with van der Waals surface area (Å²) in [6, 6.07) is 6.57. The van der Waals surface area contributed by atoms with E-state index in [1.807, 2.05) is 6.92 Å². The fraction of sp³-hybridized carbons (Fsp3) is 0.375. The van der Waals surface area contributed by atoms with Crippen LogP contribution in [0.2, 0.25) is 0 Å². The van der Waals surface area contributed by atoms with Gasteiger partial charge in [-0.25, -0.2) is 4.79 Å². The topological polar surface area (TPSA) is 65.7 Å². The van der Waals surface area contributed by atoms with Crippen molar-refractivity contribution in [1.29, 1.82) is 0 Å². The summed E-state index contributed by atoms with van der Waals surface area (Å²) in [4.78, 5) is 23.4. The van der Waals surface area contributed by atoms with Crippen LogP contribution in [0, 0.1) is 11.8 Å². The van der Waals surface area contributed by atoms with Gasteiger partial charge in [0.05, 0.1) is 13.0 Å². The summed E-state index contributed by atoms with van der Waals surface area (Å²) in [5.41, 5.74) is 0.597. The molecule has 0 unspecified atom stereocenters. The lowest BCUT2D eigenvalue weighted by atomic mass is 10.1. The van der Waals surface area contributed by atoms with Crippen molar-refractivity contribution in [1.82, 2.24) is 0 Å². The molecule has 2 aromatic rings. The second-order valence-corrected chi connectivity index (χ2v) is 5.38. The maximum atomic E-state index is 11.8. The fourth-order valence-electron chi connectivity index (χ4n) is 2.36. The molecule has 1 aliphatic rings. The number of methoxy groups -OCH3 is 1. The van der Waals surface area contributed by atoms with Crippen molar-refractivity contribution in [3.8, 4) is 5.75 Å². The molecule has 0 saturated heterocycles. The molecule has 0 bridgehead atoms. The van der Waals surface area contributed by atoms with E-state index < -0.39 is 5.63 Å². The van der Waals surface area contributed by atoms with Gasteiger partial charge in [-0.1, -0.05) is 6.92 Å². The van der Waals surface area contributed by atoms with E-state index in [1.165, 1.54) is 6.07 Å². The van der Waals surface area contributed by atoms with E-state index in [1.54, 1.807) is 25.3 Å². The first-order valence-corrected chi connectivity index (χ1v) is 6.86. The normalized spacial score (nSPS) is 20.3. The third-order valence-corrected chi connectivity index (χ3v) is 3.82. The van der Waals surface area contributed by atoms with Crippen LogP contribution in [0.3, 0.4) is 0 Å². The molecule has 0 spiro atoms. The number of rotatable bonds is 4. The predicted octanol–water partition coefficient (Wildman–Crippen LogP) is 2.50. The summed E-state index contributed by atoms with van der Waals surface area (Å²) < 4.78 is 15.5. The van der Waals surface area contributed by atoms with E-state index >= 15 is 0 Å². The Morgan fingerprint density at radius 1 is 1.38 bits per heavy atom. The highest BCUT2D eigenvalue weighted by molar-refractivity contribution is 5.82. The van der Waals surface area contributed by atoms with Crippen LogP contribution in [0.5, 0.6) is 5.75 Å². The van der Waals surface area contributed by atoms with Crippen molar-refractivity contribution < 1.29 is 18.7 Å². The molecule has 5 heteroatoms. The number of fused-ring (bicyclic) bond motifs is 1. The van der Waals surface area contributed by atoms with Crippen LogP contribution >= 0.6 is 0 Å². The van der Waals surface area contributed by atoms with Gasteiger partial charge in [-0.05, 0) is 24.5 Å². The molecule has 1 fully saturated rings. The summed E-state index contributed by atoms with van der Waals surface area (Å²) >= 11 is 0. The second kappa shape index (κ2) is 5.24. The highest BCUT2D eigenvalue weighted by atomic mass is 16.5. The summed E-state index contributed by atoms with van der Waals surface area (Å²) in [5.74, 6) is 0.819. The minimum atomic E-state index is -0.471. The molecule has 5 nitrogen and oxygen atoms in total. The first-order valence-electron chi connectivity index (χ1n) is 6.86. The standard InChI is InChI=1S/C16H16O5/c1-9-5-13(9)16(18)20-8-10-6-15(17)21-14-7-11(19-2)3-4-12(10)14/h3-4,6-7,9,13H,5,8H2,1-2H3/t9-,13-/m1/s1. The van der Waals surface area contributed by atoms with E-state index in [-0.39, 0.29) is 18.5 Å². The largest absolute Gasteiger partial charge is 0.497 e. The Bertz CT molecular complexity index is 746. The Balaban J connectivity index is 1.87. The molecule has 0 amide bonds. The number of ether oxygens (including phenoxy) is 2. The van der Waals surface area contributed by atoms with Gasteiger partial charge in [-0.15, -0.1) is 0 Å². The van der Waals surface area contributed by atoms with Crippen LogP contribution in [0.15, 0.2) is 33.5 Å². The van der Waals surface area contributed by atoms with Crippen molar-refractivity contribution in [2.45, 2.75) is 20.0 Å². The van der Waals surface area contributed by atoms with E-state index in [9.17, 15) is 9.59 Å². The zero-order valence-electron chi connectivity index (χ0n) is 11.9. The van der Waals surface area contributed by atoms with Gasteiger partial charge in [0.15, 0.2) is 0 Å². The maximum Gasteiger partial charge on any atom is 0.336 e. The summed E-state index contributed by atoms with van der Waals surface area (Å²) in [6.45, 7) is 2.10. The highest BCUT2D eigenvalue weighted by Gasteiger charge is 2.40. The molecule has 1 heterocycles. The monoisotopic (exact) mass is 288 g/mol. The van der Waals surface area contributed by atoms with Gasteiger partial charge in [-0.3, -0.25) is 4.79 Å². The highest BCUT2D eigenvalue weighted by Crippen LogP contribution is 2.38. The second-order valence-electron chi connectivity index (χ2n) is 5.38. The summed E-state index contributed by atoms with van der Waals surface area (Å²) in [5, 5.41) is 0.743. The van der Waals surface area contributed by atoms with Crippen LogP contribution in [0.25, 0.3) is 11.0 Å². The minimum absolute atomic E-state index is 0.0106. The van der Waals surface area contributed by atoms with E-state index in [4.69, 9.17) is 13.9 Å². The van der Waals surface area contributed by atoms with E-state index in [2.05, 4.69) is 0 Å². The number of hydrogen-bond acceptors (Lipinski definition) is 5. The zero-order chi connectivity index (χ0) is 15.0. The lowest BCUT2D eigenvalue weighted by molar-refractivity contribution is -0.146. The number of hydrogen-bond donors (Lipinski definition) is 0. The molecule has 1 aromatic heterocycles. The van der Waals surface area contributed by atoms with Gasteiger partial charge in [-0.2, -0.15) is 0 Å². The molecule has 110 valence electrons. The van der Waals surface area contributed by atoms with Gasteiger partial charge in [0.1, 0.15) is 17.9 Å². The van der Waals surface area contributed by atoms with Gasteiger partial charge in [0.25, 0.3) is 0 Å². The Labute approximate surface area is 121 Å². The predicted molar refractivity (Wildman–Crippen MR) is 76.1 cm³/mol. The maximum absolute atomic E-state index is 11.8. The SMILES string of the molecule is COc1ccc2c(COC(=O)[C@@H]3C[C@H]3C)cc(=O)oc2c1. The van der Waals surface area contributed by atoms with E-state index in [0.717, 1.165) is 11.8 Å². The summed E-state index contributed by atoms with van der Waals surface area (Å²) in [6.07, 6.45) is 0.883. The van der Waals surface area contributed by atoms with Gasteiger partial charge < -0.3 is 13.9 Å². The van der Waals surface area contributed by atoms with E-state index in [0.29, 0.717) is 22.8 Å². The fourth-order valence-corrected chi connectivity index (χ4v) is 2.36. The third kappa shape index (κ3) is 2.77. The van der Waals surface area contributed by atoms with Gasteiger partial charge >= 0.3 is 11.6 Å². The Hall–Kier alpha value is -2.30. The number of carbonyl (C=O) groups is 1. The van der Waals surface area contributed by atoms with Crippen molar-refractivity contribution in [2.24, 2.45) is 11.8 Å². The number of esters is 1. The first kappa shape index (κ1) is 13.7. The van der Waals surface area contributed by atoms with Crippen LogP contribution < -0.4 is 10.4 Å². The van der Waals surface area contributed by atoms with Crippen molar-refractivity contribution in [3.05, 3.63) is 40.2 Å². The summed E-state index contributed by atoms with van der Waals surface area (Å²) in [7, 11) is 1.54. The van der Waals surface area contributed by atoms with Crippen LogP contribution in [0.4, 0.5) is 0 Å². The average Bonchev–Trinajstić information content (AvgIpc) is 3.20. The first-order chi connectivity index (χ1) is 10.1. The smallest absolute Gasteiger partial charge is 0.336 e. The molecule has 1 aliphatic carbocycles. The average molecular weight is 288 g/mol. The number of benzene rings is 1. The van der Waals surface area contributed by atoms with Crippen LogP contribution in [0.1, 0.15) is 18.9 Å². The Morgan fingerprint density at radius 2 is 2.14 bits per heavy atom. The minimum Gasteiger partial charge on any atom is -0.497 e. The quantitative estimate of drug-likeness (QED) is 0.639. The van der Waals surface area contributed by atoms with Crippen LogP contribution in [-0.4, -0.2) is 13.1 Å². The molecule has 1 aromatic carbocycles. The molecule has 0 aliphatic heterocycles. The zero-order valence-corrected chi connectivity index (χ0v) is 11.9. The molecule has 2 atom stereocenters. The Kier molecular flexibility index (Phi) is 3.41. The van der Waals surface area contributed by atoms with Crippen molar-refractivity contribution >= 4 is 16.9 Å². The van der Waals surface area contributed by atoms with Gasteiger partial charge in [0.2, 0.25) is 0 Å². The molecule has 0 N–H and O–H groups in total. The molecule has 3 rings (SSSR count). The lowest BCUT2D eigenvalue weighted by Crippen LogP contribution is -2.09. The van der Waals surface area contributed by atoms with Crippen molar-refractivity contribution in [3.63, 3.8) is 0 Å². The van der Waals surface area contributed by atoms with Crippen LogP contribution in [-0.2, 0) is 16.1 Å². The van der Waals surface area contributed by atoms with Gasteiger partial charge in [0, 0.05) is 23.1 Å². The number of carbonyl (C=O) groups excluding carboxylic acids is 1. The molecule has 1 saturated carbocycles.